The summed E-state index contributed by atoms with van der Waals surface area (Å²) in [6.45, 7) is 1.19. The first-order valence-electron chi connectivity index (χ1n) is 5.18. The van der Waals surface area contributed by atoms with Gasteiger partial charge in [-0.3, -0.25) is 0 Å². The van der Waals surface area contributed by atoms with E-state index >= 15 is 0 Å². The van der Waals surface area contributed by atoms with Gasteiger partial charge < -0.3 is 10.6 Å². The molecule has 0 saturated heterocycles. The Labute approximate surface area is 76.1 Å². The summed E-state index contributed by atoms with van der Waals surface area (Å²) in [5.41, 5.74) is 0. The molecular weight excluding hydrogens is 148 g/mol. The van der Waals surface area contributed by atoms with Gasteiger partial charge in [-0.15, -0.1) is 0 Å². The van der Waals surface area contributed by atoms with Crippen LogP contribution in [0.1, 0.15) is 32.1 Å². The summed E-state index contributed by atoms with van der Waals surface area (Å²) in [6.07, 6.45) is 6.98. The molecule has 2 N–H and O–H groups in total. The molecule has 1 saturated carbocycles. The van der Waals surface area contributed by atoms with Gasteiger partial charge >= 0.3 is 0 Å². The van der Waals surface area contributed by atoms with Gasteiger partial charge in [0.15, 0.2) is 0 Å². The van der Waals surface area contributed by atoms with E-state index in [4.69, 9.17) is 0 Å². The van der Waals surface area contributed by atoms with E-state index in [0.29, 0.717) is 0 Å². The zero-order valence-electron chi connectivity index (χ0n) is 8.40. The van der Waals surface area contributed by atoms with Crippen LogP contribution in [0.4, 0.5) is 0 Å². The molecular formula is C10H22N2. The summed E-state index contributed by atoms with van der Waals surface area (Å²) in [6, 6.07) is 0.802. The van der Waals surface area contributed by atoms with Crippen LogP contribution in [-0.2, 0) is 0 Å². The van der Waals surface area contributed by atoms with Crippen molar-refractivity contribution in [1.29, 1.82) is 0 Å². The van der Waals surface area contributed by atoms with Crippen LogP contribution in [0, 0.1) is 5.92 Å². The quantitative estimate of drug-likeness (QED) is 0.666. The summed E-state index contributed by atoms with van der Waals surface area (Å²) in [4.78, 5) is 0. The Kier molecular flexibility index (Phi) is 4.62. The third-order valence-corrected chi connectivity index (χ3v) is 3.06. The van der Waals surface area contributed by atoms with E-state index in [0.717, 1.165) is 12.0 Å². The van der Waals surface area contributed by atoms with Crippen LogP contribution in [0.25, 0.3) is 0 Å². The van der Waals surface area contributed by atoms with E-state index in [2.05, 4.69) is 17.7 Å². The van der Waals surface area contributed by atoms with Crippen molar-refractivity contribution in [1.82, 2.24) is 10.6 Å². The minimum atomic E-state index is 0.802. The Morgan fingerprint density at radius 2 is 1.75 bits per heavy atom. The first-order chi connectivity index (χ1) is 5.86. The minimum Gasteiger partial charge on any atom is -0.320 e. The average molecular weight is 170 g/mol. The summed E-state index contributed by atoms with van der Waals surface area (Å²) in [5.74, 6) is 0.988. The minimum absolute atomic E-state index is 0.802. The van der Waals surface area contributed by atoms with Crippen molar-refractivity contribution in [3.63, 3.8) is 0 Å². The van der Waals surface area contributed by atoms with E-state index in [1.807, 2.05) is 7.05 Å². The molecule has 1 fully saturated rings. The topological polar surface area (TPSA) is 24.1 Å². The van der Waals surface area contributed by atoms with E-state index in [1.54, 1.807) is 0 Å². The van der Waals surface area contributed by atoms with Crippen LogP contribution in [0.3, 0.4) is 0 Å². The molecule has 0 spiro atoms. The summed E-state index contributed by atoms with van der Waals surface area (Å²) in [7, 11) is 4.12. The molecule has 1 rings (SSSR count). The molecule has 0 bridgehead atoms. The highest BCUT2D eigenvalue weighted by atomic mass is 14.9. The predicted octanol–water partition coefficient (Wildman–Crippen LogP) is 1.37. The van der Waals surface area contributed by atoms with Crippen molar-refractivity contribution in [2.24, 2.45) is 5.92 Å². The summed E-state index contributed by atoms with van der Waals surface area (Å²) < 4.78 is 0. The largest absolute Gasteiger partial charge is 0.320 e. The smallest absolute Gasteiger partial charge is 0.00642 e. The number of hydrogen-bond acceptors (Lipinski definition) is 2. The summed E-state index contributed by atoms with van der Waals surface area (Å²) in [5, 5.41) is 6.59. The van der Waals surface area contributed by atoms with Gasteiger partial charge in [-0.05, 0) is 58.7 Å². The predicted molar refractivity (Wildman–Crippen MR) is 53.3 cm³/mol. The maximum Gasteiger partial charge on any atom is 0.00642 e. The Bertz CT molecular complexity index is 106. The lowest BCUT2D eigenvalue weighted by Crippen LogP contribution is -2.30. The average Bonchev–Trinajstić information content (AvgIpc) is 2.15. The van der Waals surface area contributed by atoms with Gasteiger partial charge in [0.05, 0.1) is 0 Å². The zero-order valence-corrected chi connectivity index (χ0v) is 8.40. The van der Waals surface area contributed by atoms with Gasteiger partial charge in [0, 0.05) is 6.04 Å². The van der Waals surface area contributed by atoms with Gasteiger partial charge in [-0.1, -0.05) is 0 Å². The van der Waals surface area contributed by atoms with Crippen molar-refractivity contribution in [2.75, 3.05) is 20.6 Å². The van der Waals surface area contributed by atoms with Gasteiger partial charge in [0.1, 0.15) is 0 Å². The molecule has 12 heavy (non-hydrogen) atoms. The van der Waals surface area contributed by atoms with E-state index in [-0.39, 0.29) is 0 Å². The molecule has 2 heteroatoms. The normalized spacial score (nSPS) is 30.5. The third kappa shape index (κ3) is 3.11. The fourth-order valence-corrected chi connectivity index (χ4v) is 2.09. The van der Waals surface area contributed by atoms with Crippen LogP contribution >= 0.6 is 0 Å². The van der Waals surface area contributed by atoms with Crippen molar-refractivity contribution >= 4 is 0 Å². The standard InChI is InChI=1S/C10H22N2/c1-11-8-7-9-3-5-10(12-2)6-4-9/h9-12H,3-8H2,1-2H3/t9-,10+. The van der Waals surface area contributed by atoms with E-state index in [9.17, 15) is 0 Å². The molecule has 2 nitrogen and oxygen atoms in total. The molecule has 0 aromatic rings. The van der Waals surface area contributed by atoms with Gasteiger partial charge in [0.25, 0.3) is 0 Å². The lowest BCUT2D eigenvalue weighted by molar-refractivity contribution is 0.288. The van der Waals surface area contributed by atoms with Gasteiger partial charge in [-0.2, -0.15) is 0 Å². The lowest BCUT2D eigenvalue weighted by Gasteiger charge is -2.28. The van der Waals surface area contributed by atoms with Crippen LogP contribution in [0.2, 0.25) is 0 Å². The summed E-state index contributed by atoms with van der Waals surface area (Å²) >= 11 is 0. The molecule has 1 aliphatic rings. The molecule has 0 aromatic carbocycles. The molecule has 0 aromatic heterocycles. The van der Waals surface area contributed by atoms with Crippen LogP contribution < -0.4 is 10.6 Å². The molecule has 0 radical (unpaired) electrons. The maximum absolute atomic E-state index is 3.36. The molecule has 0 atom stereocenters. The third-order valence-electron chi connectivity index (χ3n) is 3.06. The second kappa shape index (κ2) is 5.55. The van der Waals surface area contributed by atoms with Gasteiger partial charge in [0.2, 0.25) is 0 Å². The SMILES string of the molecule is CNCC[C@H]1CC[C@@H](NC)CC1. The fraction of sp³-hybridized carbons (Fsp3) is 1.00. The number of rotatable bonds is 4. The number of hydrogen-bond donors (Lipinski definition) is 2. The molecule has 0 aliphatic heterocycles. The second-order valence-electron chi connectivity index (χ2n) is 3.90. The maximum atomic E-state index is 3.36. The second-order valence-corrected chi connectivity index (χ2v) is 3.90. The van der Waals surface area contributed by atoms with Crippen molar-refractivity contribution in [2.45, 2.75) is 38.1 Å². The molecule has 0 heterocycles. The Morgan fingerprint density at radius 1 is 1.08 bits per heavy atom. The first kappa shape index (κ1) is 10.0. The molecule has 0 amide bonds. The lowest BCUT2D eigenvalue weighted by atomic mass is 9.84. The zero-order chi connectivity index (χ0) is 8.81. The van der Waals surface area contributed by atoms with E-state index < -0.39 is 0 Å². The first-order valence-corrected chi connectivity index (χ1v) is 5.18. The van der Waals surface area contributed by atoms with Gasteiger partial charge in [-0.25, -0.2) is 0 Å². The van der Waals surface area contributed by atoms with E-state index in [1.165, 1.54) is 38.6 Å². The highest BCUT2D eigenvalue weighted by Crippen LogP contribution is 2.26. The molecule has 72 valence electrons. The van der Waals surface area contributed by atoms with Crippen molar-refractivity contribution in [3.8, 4) is 0 Å². The fourth-order valence-electron chi connectivity index (χ4n) is 2.09. The highest BCUT2D eigenvalue weighted by Gasteiger charge is 2.18. The molecule has 0 unspecified atom stereocenters. The highest BCUT2D eigenvalue weighted by molar-refractivity contribution is 4.76. The number of nitrogens with one attached hydrogen (secondary N) is 2. The van der Waals surface area contributed by atoms with Crippen LogP contribution in [-0.4, -0.2) is 26.7 Å². The monoisotopic (exact) mass is 170 g/mol. The van der Waals surface area contributed by atoms with Crippen LogP contribution in [0.5, 0.6) is 0 Å². The Morgan fingerprint density at radius 3 is 2.25 bits per heavy atom. The van der Waals surface area contributed by atoms with Crippen LogP contribution in [0.15, 0.2) is 0 Å². The van der Waals surface area contributed by atoms with Crippen molar-refractivity contribution in [3.05, 3.63) is 0 Å². The molecule has 1 aliphatic carbocycles. The Balaban J connectivity index is 2.09. The Hall–Kier alpha value is -0.0800. The van der Waals surface area contributed by atoms with Crippen molar-refractivity contribution < 1.29 is 0 Å².